The molecule has 1 aliphatic heterocycles. The zero-order valence-electron chi connectivity index (χ0n) is 17.6. The van der Waals surface area contributed by atoms with Gasteiger partial charge < -0.3 is 19.5 Å². The molecule has 1 saturated carbocycles. The van der Waals surface area contributed by atoms with Gasteiger partial charge in [-0.15, -0.1) is 0 Å². The number of benzene rings is 1. The summed E-state index contributed by atoms with van der Waals surface area (Å²) in [5.74, 6) is 2.31. The number of rotatable bonds is 6. The number of imidazole rings is 1. The average molecular weight is 419 g/mol. The number of nitrogens with one attached hydrogen (secondary N) is 1. The van der Waals surface area contributed by atoms with Gasteiger partial charge in [0.05, 0.1) is 30.8 Å². The molecule has 31 heavy (non-hydrogen) atoms. The Hall–Kier alpha value is -3.26. The van der Waals surface area contributed by atoms with Crippen LogP contribution in [0.15, 0.2) is 42.7 Å². The van der Waals surface area contributed by atoms with Crippen molar-refractivity contribution in [2.75, 3.05) is 31.6 Å². The number of aryl methyl sites for hydroxylation is 1. The monoisotopic (exact) mass is 418 g/mol. The number of morpholine rings is 1. The summed E-state index contributed by atoms with van der Waals surface area (Å²) >= 11 is 0. The van der Waals surface area contributed by atoms with Crippen molar-refractivity contribution in [3.8, 4) is 11.4 Å². The quantitative estimate of drug-likeness (QED) is 0.661. The molecule has 8 heteroatoms. The van der Waals surface area contributed by atoms with E-state index in [1.54, 1.807) is 6.20 Å². The highest BCUT2D eigenvalue weighted by atomic mass is 16.5. The molecule has 2 fully saturated rings. The van der Waals surface area contributed by atoms with E-state index in [2.05, 4.69) is 19.9 Å². The lowest BCUT2D eigenvalue weighted by Crippen LogP contribution is -2.40. The van der Waals surface area contributed by atoms with Crippen LogP contribution >= 0.6 is 0 Å². The summed E-state index contributed by atoms with van der Waals surface area (Å²) in [5, 5.41) is 3.24. The Kier molecular flexibility index (Phi) is 5.38. The molecular weight excluding hydrogens is 392 g/mol. The van der Waals surface area contributed by atoms with E-state index >= 15 is 0 Å². The lowest BCUT2D eigenvalue weighted by Gasteiger charge is -2.26. The number of amides is 1. The predicted octanol–water partition coefficient (Wildman–Crippen LogP) is 3.27. The van der Waals surface area contributed by atoms with Crippen LogP contribution in [0.2, 0.25) is 0 Å². The van der Waals surface area contributed by atoms with Gasteiger partial charge in [0.2, 0.25) is 5.95 Å². The third-order valence-corrected chi connectivity index (χ3v) is 5.80. The molecule has 0 atom stereocenters. The molecule has 3 aromatic rings. The van der Waals surface area contributed by atoms with Crippen LogP contribution in [0.3, 0.4) is 0 Å². The number of carbonyl (C=O) groups excluding carboxylic acids is 1. The van der Waals surface area contributed by atoms with Gasteiger partial charge in [-0.3, -0.25) is 4.79 Å². The first-order valence-electron chi connectivity index (χ1n) is 10.8. The van der Waals surface area contributed by atoms with Crippen molar-refractivity contribution < 1.29 is 9.53 Å². The largest absolute Gasteiger partial charge is 0.378 e. The zero-order chi connectivity index (χ0) is 21.2. The molecule has 1 N–H and O–H groups in total. The minimum Gasteiger partial charge on any atom is -0.378 e. The lowest BCUT2D eigenvalue weighted by atomic mass is 10.1. The third-order valence-electron chi connectivity index (χ3n) is 5.80. The minimum absolute atomic E-state index is 0.0346. The molecule has 0 unspecified atom stereocenters. The van der Waals surface area contributed by atoms with Gasteiger partial charge >= 0.3 is 0 Å². The van der Waals surface area contributed by atoms with Gasteiger partial charge in [-0.1, -0.05) is 0 Å². The van der Waals surface area contributed by atoms with E-state index in [1.165, 1.54) is 12.8 Å². The fraction of sp³-hybridized carbons (Fsp3) is 0.391. The number of nitrogens with zero attached hydrogens (tertiary/aromatic N) is 5. The highest BCUT2D eigenvalue weighted by molar-refractivity contribution is 5.94. The molecule has 0 spiro atoms. The Morgan fingerprint density at radius 1 is 1.13 bits per heavy atom. The standard InChI is InChI=1S/C23H26N6O2/c1-16-25-14-21(29(16)15-17-2-3-17)20-8-9-24-23(27-20)26-19-6-4-18(5-7-19)22(30)28-10-12-31-13-11-28/h4-9,14,17H,2-3,10-13,15H2,1H3,(H,24,26,27). The first kappa shape index (κ1) is 19.7. The van der Waals surface area contributed by atoms with Crippen molar-refractivity contribution in [3.63, 3.8) is 0 Å². The van der Waals surface area contributed by atoms with Crippen LogP contribution in [-0.2, 0) is 11.3 Å². The molecule has 1 amide bonds. The number of carbonyl (C=O) groups is 1. The molecule has 1 saturated heterocycles. The molecule has 1 aliphatic carbocycles. The summed E-state index contributed by atoms with van der Waals surface area (Å²) < 4.78 is 7.57. The molecular formula is C23H26N6O2. The Bertz CT molecular complexity index is 1070. The minimum atomic E-state index is 0.0346. The maximum atomic E-state index is 12.6. The highest BCUT2D eigenvalue weighted by Gasteiger charge is 2.24. The Labute approximate surface area is 181 Å². The van der Waals surface area contributed by atoms with Crippen LogP contribution in [0, 0.1) is 12.8 Å². The number of anilines is 2. The second kappa shape index (κ2) is 8.47. The van der Waals surface area contributed by atoms with Crippen molar-refractivity contribution in [2.45, 2.75) is 26.3 Å². The topological polar surface area (TPSA) is 85.2 Å². The normalized spacial score (nSPS) is 16.4. The van der Waals surface area contributed by atoms with Crippen LogP contribution in [0.4, 0.5) is 11.6 Å². The van der Waals surface area contributed by atoms with E-state index < -0.39 is 0 Å². The van der Waals surface area contributed by atoms with Crippen molar-refractivity contribution in [3.05, 3.63) is 54.1 Å². The summed E-state index contributed by atoms with van der Waals surface area (Å²) in [6.07, 6.45) is 6.22. The lowest BCUT2D eigenvalue weighted by molar-refractivity contribution is 0.0303. The number of hydrogen-bond acceptors (Lipinski definition) is 6. The van der Waals surface area contributed by atoms with Crippen LogP contribution in [0.5, 0.6) is 0 Å². The van der Waals surface area contributed by atoms with Gasteiger partial charge in [-0.2, -0.15) is 0 Å². The van der Waals surface area contributed by atoms with Crippen molar-refractivity contribution in [1.82, 2.24) is 24.4 Å². The second-order valence-electron chi connectivity index (χ2n) is 8.12. The smallest absolute Gasteiger partial charge is 0.254 e. The number of ether oxygens (including phenoxy) is 1. The molecule has 160 valence electrons. The van der Waals surface area contributed by atoms with Crippen LogP contribution < -0.4 is 5.32 Å². The average Bonchev–Trinajstić information content (AvgIpc) is 3.56. The van der Waals surface area contributed by atoms with E-state index in [-0.39, 0.29) is 5.91 Å². The Morgan fingerprint density at radius 2 is 1.90 bits per heavy atom. The van der Waals surface area contributed by atoms with Crippen molar-refractivity contribution in [1.29, 1.82) is 0 Å². The Morgan fingerprint density at radius 3 is 2.65 bits per heavy atom. The fourth-order valence-electron chi connectivity index (χ4n) is 3.80. The van der Waals surface area contributed by atoms with E-state index in [0.29, 0.717) is 37.8 Å². The number of aromatic nitrogens is 4. The van der Waals surface area contributed by atoms with Crippen LogP contribution in [-0.4, -0.2) is 56.6 Å². The molecule has 2 aliphatic rings. The summed E-state index contributed by atoms with van der Waals surface area (Å²) in [6.45, 7) is 5.49. The Balaban J connectivity index is 1.30. The summed E-state index contributed by atoms with van der Waals surface area (Å²) in [6, 6.07) is 9.33. The first-order valence-corrected chi connectivity index (χ1v) is 10.8. The van der Waals surface area contributed by atoms with E-state index in [9.17, 15) is 4.79 Å². The summed E-state index contributed by atoms with van der Waals surface area (Å²) in [5.41, 5.74) is 3.36. The van der Waals surface area contributed by atoms with Gasteiger partial charge in [0.25, 0.3) is 5.91 Å². The predicted molar refractivity (Wildman–Crippen MR) is 117 cm³/mol. The third kappa shape index (κ3) is 4.44. The van der Waals surface area contributed by atoms with E-state index in [0.717, 1.165) is 35.4 Å². The van der Waals surface area contributed by atoms with Crippen molar-refractivity contribution in [2.24, 2.45) is 5.92 Å². The van der Waals surface area contributed by atoms with E-state index in [1.807, 2.05) is 48.4 Å². The SMILES string of the molecule is Cc1ncc(-c2ccnc(Nc3ccc(C(=O)N4CCOCC4)cc3)n2)n1CC1CC1. The summed E-state index contributed by atoms with van der Waals surface area (Å²) in [4.78, 5) is 28.0. The fourth-order valence-corrected chi connectivity index (χ4v) is 3.80. The van der Waals surface area contributed by atoms with Crippen LogP contribution in [0.1, 0.15) is 29.0 Å². The maximum Gasteiger partial charge on any atom is 0.254 e. The molecule has 3 heterocycles. The molecule has 8 nitrogen and oxygen atoms in total. The highest BCUT2D eigenvalue weighted by Crippen LogP contribution is 2.33. The molecule has 1 aromatic carbocycles. The molecule has 0 radical (unpaired) electrons. The molecule has 0 bridgehead atoms. The van der Waals surface area contributed by atoms with Gasteiger partial charge in [0.1, 0.15) is 5.82 Å². The molecule has 2 aromatic heterocycles. The van der Waals surface area contributed by atoms with Gasteiger partial charge in [-0.25, -0.2) is 15.0 Å². The second-order valence-corrected chi connectivity index (χ2v) is 8.12. The van der Waals surface area contributed by atoms with Gasteiger partial charge in [0.15, 0.2) is 0 Å². The number of hydrogen-bond donors (Lipinski definition) is 1. The summed E-state index contributed by atoms with van der Waals surface area (Å²) in [7, 11) is 0. The molecule has 5 rings (SSSR count). The van der Waals surface area contributed by atoms with Crippen LogP contribution in [0.25, 0.3) is 11.4 Å². The zero-order valence-corrected chi connectivity index (χ0v) is 17.6. The van der Waals surface area contributed by atoms with E-state index in [4.69, 9.17) is 9.72 Å². The van der Waals surface area contributed by atoms with Crippen molar-refractivity contribution >= 4 is 17.5 Å². The first-order chi connectivity index (χ1) is 15.2. The maximum absolute atomic E-state index is 12.6. The van der Waals surface area contributed by atoms with Gasteiger partial charge in [0, 0.05) is 37.1 Å². The van der Waals surface area contributed by atoms with Gasteiger partial charge in [-0.05, 0) is 56.0 Å².